The van der Waals surface area contributed by atoms with Gasteiger partial charge in [0.2, 0.25) is 0 Å². The van der Waals surface area contributed by atoms with Crippen molar-refractivity contribution in [1.29, 1.82) is 0 Å². The fourth-order valence-electron chi connectivity index (χ4n) is 1.81. The van der Waals surface area contributed by atoms with Crippen LogP contribution in [0.1, 0.15) is 24.5 Å². The van der Waals surface area contributed by atoms with E-state index in [1.54, 1.807) is 0 Å². The molecule has 0 radical (unpaired) electrons. The van der Waals surface area contributed by atoms with Crippen LogP contribution in [0, 0.1) is 6.92 Å². The molecule has 0 aliphatic heterocycles. The Hall–Kier alpha value is -1.35. The molecular weight excluding hydrogens is 214 g/mol. The summed E-state index contributed by atoms with van der Waals surface area (Å²) in [4.78, 5) is 12.6. The average Bonchev–Trinajstić information content (AvgIpc) is 2.28. The highest BCUT2D eigenvalue weighted by molar-refractivity contribution is 5.66. The van der Waals surface area contributed by atoms with E-state index in [0.29, 0.717) is 12.6 Å². The monoisotopic (exact) mass is 235 g/mol. The lowest BCUT2D eigenvalue weighted by Gasteiger charge is -2.24. The lowest BCUT2D eigenvalue weighted by Crippen LogP contribution is -2.32. The maximum absolute atomic E-state index is 10.5. The van der Waals surface area contributed by atoms with Gasteiger partial charge in [-0.25, -0.2) is 0 Å². The Morgan fingerprint density at radius 1 is 1.41 bits per heavy atom. The second-order valence-corrected chi connectivity index (χ2v) is 4.60. The molecule has 3 heteroatoms. The topological polar surface area (TPSA) is 40.5 Å². The molecule has 1 aromatic carbocycles. The molecular formula is C14H21NO2. The Bertz CT molecular complexity index is 376. The molecule has 3 nitrogen and oxygen atoms in total. The van der Waals surface area contributed by atoms with E-state index < -0.39 is 5.97 Å². The number of rotatable bonds is 6. The lowest BCUT2D eigenvalue weighted by atomic mass is 10.0. The molecule has 0 saturated heterocycles. The van der Waals surface area contributed by atoms with Crippen LogP contribution in [0.3, 0.4) is 0 Å². The number of benzene rings is 1. The predicted octanol–water partition coefficient (Wildman–Crippen LogP) is 2.33. The molecule has 1 rings (SSSR count). The van der Waals surface area contributed by atoms with Gasteiger partial charge in [0.25, 0.3) is 0 Å². The molecule has 1 unspecified atom stereocenters. The SMILES string of the molecule is Cc1ccccc1CC(C)N(C)CCC(=O)O. The van der Waals surface area contributed by atoms with E-state index >= 15 is 0 Å². The number of aliphatic carboxylic acids is 1. The average molecular weight is 235 g/mol. The van der Waals surface area contributed by atoms with Crippen LogP contribution in [0.4, 0.5) is 0 Å². The molecule has 0 spiro atoms. The Balaban J connectivity index is 2.51. The maximum atomic E-state index is 10.5. The van der Waals surface area contributed by atoms with Crippen molar-refractivity contribution in [2.24, 2.45) is 0 Å². The highest BCUT2D eigenvalue weighted by atomic mass is 16.4. The number of nitrogens with zero attached hydrogens (tertiary/aromatic N) is 1. The van der Waals surface area contributed by atoms with E-state index in [1.807, 2.05) is 19.2 Å². The molecule has 0 aromatic heterocycles. The minimum absolute atomic E-state index is 0.203. The third-order valence-electron chi connectivity index (χ3n) is 3.21. The summed E-state index contributed by atoms with van der Waals surface area (Å²) < 4.78 is 0. The third kappa shape index (κ3) is 4.57. The smallest absolute Gasteiger partial charge is 0.304 e. The van der Waals surface area contributed by atoms with Crippen molar-refractivity contribution >= 4 is 5.97 Å². The fourth-order valence-corrected chi connectivity index (χ4v) is 1.81. The summed E-state index contributed by atoms with van der Waals surface area (Å²) in [7, 11) is 1.98. The quantitative estimate of drug-likeness (QED) is 0.822. The van der Waals surface area contributed by atoms with Crippen molar-refractivity contribution in [3.63, 3.8) is 0 Å². The molecule has 94 valence electrons. The highest BCUT2D eigenvalue weighted by Gasteiger charge is 2.12. The summed E-state index contributed by atoms with van der Waals surface area (Å²) in [5, 5.41) is 8.65. The zero-order valence-corrected chi connectivity index (χ0v) is 10.8. The summed E-state index contributed by atoms with van der Waals surface area (Å²) in [6, 6.07) is 8.69. The normalized spacial score (nSPS) is 12.7. The van der Waals surface area contributed by atoms with E-state index in [2.05, 4.69) is 30.9 Å². The summed E-state index contributed by atoms with van der Waals surface area (Å²) in [5.41, 5.74) is 2.63. The molecule has 0 saturated carbocycles. The van der Waals surface area contributed by atoms with E-state index in [4.69, 9.17) is 5.11 Å². The van der Waals surface area contributed by atoms with E-state index in [-0.39, 0.29) is 6.42 Å². The molecule has 0 aliphatic rings. The molecule has 1 N–H and O–H groups in total. The van der Waals surface area contributed by atoms with Gasteiger partial charge in [-0.3, -0.25) is 4.79 Å². The minimum Gasteiger partial charge on any atom is -0.481 e. The maximum Gasteiger partial charge on any atom is 0.304 e. The van der Waals surface area contributed by atoms with Crippen LogP contribution in [-0.4, -0.2) is 35.6 Å². The number of aryl methyl sites for hydroxylation is 1. The second kappa shape index (κ2) is 6.40. The summed E-state index contributed by atoms with van der Waals surface area (Å²) in [6.07, 6.45) is 1.16. The molecule has 0 fully saturated rings. The van der Waals surface area contributed by atoms with Crippen LogP contribution < -0.4 is 0 Å². The number of carboxylic acids is 1. The van der Waals surface area contributed by atoms with Crippen LogP contribution in [-0.2, 0) is 11.2 Å². The fraction of sp³-hybridized carbons (Fsp3) is 0.500. The van der Waals surface area contributed by atoms with E-state index in [0.717, 1.165) is 6.42 Å². The van der Waals surface area contributed by atoms with Gasteiger partial charge in [0.1, 0.15) is 0 Å². The summed E-state index contributed by atoms with van der Waals surface area (Å²) in [5.74, 6) is -0.736. The highest BCUT2D eigenvalue weighted by Crippen LogP contribution is 2.12. The standard InChI is InChI=1S/C14H21NO2/c1-11-6-4-5-7-13(11)10-12(2)15(3)9-8-14(16)17/h4-7,12H,8-10H2,1-3H3,(H,16,17). The van der Waals surface area contributed by atoms with Crippen LogP contribution in [0.25, 0.3) is 0 Å². The number of carbonyl (C=O) groups is 1. The van der Waals surface area contributed by atoms with Crippen molar-refractivity contribution in [1.82, 2.24) is 4.90 Å². The van der Waals surface area contributed by atoms with Gasteiger partial charge in [-0.05, 0) is 38.4 Å². The molecule has 0 heterocycles. The van der Waals surface area contributed by atoms with Gasteiger partial charge in [-0.1, -0.05) is 24.3 Å². The Morgan fingerprint density at radius 3 is 2.65 bits per heavy atom. The van der Waals surface area contributed by atoms with E-state index in [1.165, 1.54) is 11.1 Å². The minimum atomic E-state index is -0.736. The van der Waals surface area contributed by atoms with Crippen LogP contribution in [0.15, 0.2) is 24.3 Å². The Kier molecular flexibility index (Phi) is 5.16. The summed E-state index contributed by atoms with van der Waals surface area (Å²) >= 11 is 0. The molecule has 0 bridgehead atoms. The molecule has 17 heavy (non-hydrogen) atoms. The van der Waals surface area contributed by atoms with Gasteiger partial charge in [0.15, 0.2) is 0 Å². The molecule has 0 amide bonds. The van der Waals surface area contributed by atoms with Gasteiger partial charge >= 0.3 is 5.97 Å². The first-order valence-electron chi connectivity index (χ1n) is 5.97. The first-order chi connectivity index (χ1) is 8.00. The van der Waals surface area contributed by atoms with Gasteiger partial charge in [-0.2, -0.15) is 0 Å². The zero-order valence-electron chi connectivity index (χ0n) is 10.8. The van der Waals surface area contributed by atoms with Crippen LogP contribution in [0.2, 0.25) is 0 Å². The van der Waals surface area contributed by atoms with Gasteiger partial charge in [0.05, 0.1) is 6.42 Å². The first kappa shape index (κ1) is 13.7. The predicted molar refractivity (Wildman–Crippen MR) is 69.2 cm³/mol. The summed E-state index contributed by atoms with van der Waals surface area (Å²) in [6.45, 7) is 4.84. The van der Waals surface area contributed by atoms with Crippen molar-refractivity contribution < 1.29 is 9.90 Å². The number of hydrogen-bond donors (Lipinski definition) is 1. The van der Waals surface area contributed by atoms with Crippen molar-refractivity contribution in [3.8, 4) is 0 Å². The van der Waals surface area contributed by atoms with Gasteiger partial charge in [0, 0.05) is 12.6 Å². The molecule has 1 atom stereocenters. The first-order valence-corrected chi connectivity index (χ1v) is 5.97. The van der Waals surface area contributed by atoms with Gasteiger partial charge < -0.3 is 10.0 Å². The van der Waals surface area contributed by atoms with Crippen molar-refractivity contribution in [2.75, 3.05) is 13.6 Å². The lowest BCUT2D eigenvalue weighted by molar-refractivity contribution is -0.137. The van der Waals surface area contributed by atoms with E-state index in [9.17, 15) is 4.79 Å². The third-order valence-corrected chi connectivity index (χ3v) is 3.21. The molecule has 1 aromatic rings. The van der Waals surface area contributed by atoms with Gasteiger partial charge in [-0.15, -0.1) is 0 Å². The van der Waals surface area contributed by atoms with Crippen LogP contribution >= 0.6 is 0 Å². The van der Waals surface area contributed by atoms with Crippen molar-refractivity contribution in [3.05, 3.63) is 35.4 Å². The Labute approximate surface area is 103 Å². The Morgan fingerprint density at radius 2 is 2.06 bits per heavy atom. The largest absolute Gasteiger partial charge is 0.481 e. The second-order valence-electron chi connectivity index (χ2n) is 4.60. The number of hydrogen-bond acceptors (Lipinski definition) is 2. The zero-order chi connectivity index (χ0) is 12.8. The number of likely N-dealkylation sites (N-methyl/N-ethyl adjacent to an activating group) is 1. The molecule has 0 aliphatic carbocycles. The van der Waals surface area contributed by atoms with Crippen LogP contribution in [0.5, 0.6) is 0 Å². The van der Waals surface area contributed by atoms with Crippen molar-refractivity contribution in [2.45, 2.75) is 32.7 Å². The number of carboxylic acid groups (broad SMARTS) is 1.